The third-order valence-electron chi connectivity index (χ3n) is 5.10. The summed E-state index contributed by atoms with van der Waals surface area (Å²) >= 11 is 0. The number of hydrogen-bond donors (Lipinski definition) is 1. The molecule has 29 heavy (non-hydrogen) atoms. The first kappa shape index (κ1) is 21.2. The van der Waals surface area contributed by atoms with Crippen molar-refractivity contribution in [2.45, 2.75) is 45.1 Å². The largest absolute Gasteiger partial charge is 0.459 e. The summed E-state index contributed by atoms with van der Waals surface area (Å²) in [4.78, 5) is 39.2. The van der Waals surface area contributed by atoms with Crippen LogP contribution in [0.2, 0.25) is 0 Å². The number of esters is 1. The molecule has 2 heterocycles. The predicted molar refractivity (Wildman–Crippen MR) is 106 cm³/mol. The van der Waals surface area contributed by atoms with E-state index in [0.29, 0.717) is 43.9 Å². The van der Waals surface area contributed by atoms with E-state index in [1.165, 1.54) is 6.07 Å². The molecular formula is C21H28FN3O4. The normalized spacial score (nSPS) is 21.1. The van der Waals surface area contributed by atoms with E-state index in [4.69, 9.17) is 4.74 Å². The zero-order chi connectivity index (χ0) is 21.2. The van der Waals surface area contributed by atoms with Gasteiger partial charge in [0.25, 0.3) is 0 Å². The lowest BCUT2D eigenvalue weighted by Gasteiger charge is -2.36. The van der Waals surface area contributed by atoms with E-state index < -0.39 is 11.5 Å². The lowest BCUT2D eigenvalue weighted by atomic mass is 9.90. The molecule has 158 valence electrons. The molecule has 2 fully saturated rings. The Morgan fingerprint density at radius 3 is 2.48 bits per heavy atom. The summed E-state index contributed by atoms with van der Waals surface area (Å²) in [5, 5.41) is 2.31. The molecule has 7 nitrogen and oxygen atoms in total. The van der Waals surface area contributed by atoms with E-state index in [1.54, 1.807) is 12.1 Å². The van der Waals surface area contributed by atoms with Crippen LogP contribution in [0, 0.1) is 5.82 Å². The van der Waals surface area contributed by atoms with Gasteiger partial charge in [0, 0.05) is 32.6 Å². The molecule has 2 aliphatic heterocycles. The fraction of sp³-hybridized carbons (Fsp3) is 0.571. The minimum Gasteiger partial charge on any atom is -0.459 e. The number of nitrogens with one attached hydrogen (secondary N) is 1. The molecule has 2 aliphatic rings. The van der Waals surface area contributed by atoms with Crippen molar-refractivity contribution in [1.82, 2.24) is 10.2 Å². The zero-order valence-electron chi connectivity index (χ0n) is 17.2. The van der Waals surface area contributed by atoms with Crippen molar-refractivity contribution in [1.29, 1.82) is 0 Å². The monoisotopic (exact) mass is 405 g/mol. The van der Waals surface area contributed by atoms with Gasteiger partial charge in [-0.25, -0.2) is 4.39 Å². The van der Waals surface area contributed by atoms with Gasteiger partial charge in [-0.15, -0.1) is 0 Å². The Morgan fingerprint density at radius 1 is 1.21 bits per heavy atom. The van der Waals surface area contributed by atoms with E-state index in [-0.39, 0.29) is 36.6 Å². The number of hydrogen-bond acceptors (Lipinski definition) is 6. The lowest BCUT2D eigenvalue weighted by Crippen LogP contribution is -2.49. The summed E-state index contributed by atoms with van der Waals surface area (Å²) in [6.45, 7) is 8.19. The number of imide groups is 1. The van der Waals surface area contributed by atoms with E-state index in [0.717, 1.165) is 0 Å². The third kappa shape index (κ3) is 5.53. The average Bonchev–Trinajstić information content (AvgIpc) is 2.61. The van der Waals surface area contributed by atoms with Gasteiger partial charge in [0.05, 0.1) is 18.2 Å². The number of rotatable bonds is 4. The Hall–Kier alpha value is -2.48. The fourth-order valence-corrected chi connectivity index (χ4v) is 3.71. The maximum atomic E-state index is 14.8. The number of piperidine rings is 1. The van der Waals surface area contributed by atoms with Crippen molar-refractivity contribution in [2.24, 2.45) is 0 Å². The van der Waals surface area contributed by atoms with Crippen LogP contribution in [-0.4, -0.2) is 61.0 Å². The van der Waals surface area contributed by atoms with Crippen LogP contribution in [0.3, 0.4) is 0 Å². The number of carbonyl (C=O) groups excluding carboxylic acids is 3. The molecule has 0 spiro atoms. The summed E-state index contributed by atoms with van der Waals surface area (Å²) in [5.74, 6) is -1.79. The molecule has 2 amide bonds. The number of halogens is 1. The fourth-order valence-electron chi connectivity index (χ4n) is 3.71. The highest BCUT2D eigenvalue weighted by Gasteiger charge is 2.29. The van der Waals surface area contributed by atoms with Crippen LogP contribution in [0.4, 0.5) is 10.1 Å². The van der Waals surface area contributed by atoms with Crippen molar-refractivity contribution in [3.05, 3.63) is 29.6 Å². The Labute approximate surface area is 170 Å². The van der Waals surface area contributed by atoms with Gasteiger partial charge >= 0.3 is 5.97 Å². The second kappa shape index (κ2) is 8.49. The minimum absolute atomic E-state index is 0.224. The van der Waals surface area contributed by atoms with Gasteiger partial charge in [0.2, 0.25) is 11.8 Å². The van der Waals surface area contributed by atoms with Crippen LogP contribution in [0.5, 0.6) is 0 Å². The van der Waals surface area contributed by atoms with Gasteiger partial charge in [-0.2, -0.15) is 0 Å². The smallest absolute Gasteiger partial charge is 0.320 e. The first-order valence-electron chi connectivity index (χ1n) is 9.95. The third-order valence-corrected chi connectivity index (χ3v) is 5.10. The molecule has 8 heteroatoms. The van der Waals surface area contributed by atoms with Crippen LogP contribution in [-0.2, 0) is 19.1 Å². The Bertz CT molecular complexity index is 798. The molecule has 0 aromatic heterocycles. The summed E-state index contributed by atoms with van der Waals surface area (Å²) in [6, 6.07) is 4.84. The Morgan fingerprint density at radius 2 is 1.90 bits per heavy atom. The van der Waals surface area contributed by atoms with E-state index in [1.807, 2.05) is 30.6 Å². The molecule has 1 atom stereocenters. The zero-order valence-corrected chi connectivity index (χ0v) is 17.2. The second-order valence-corrected chi connectivity index (χ2v) is 8.56. The topological polar surface area (TPSA) is 79.0 Å². The molecule has 0 unspecified atom stereocenters. The Balaban J connectivity index is 1.58. The SMILES string of the molecule is CC(C)(C)OC(=O)CN1CCN(c2ccc([C@@H]3CCC(=O)NC3=O)cc2F)CC1. The van der Waals surface area contributed by atoms with E-state index >= 15 is 0 Å². The lowest BCUT2D eigenvalue weighted by molar-refractivity contribution is -0.156. The summed E-state index contributed by atoms with van der Waals surface area (Å²) < 4.78 is 20.1. The van der Waals surface area contributed by atoms with Crippen molar-refractivity contribution in [3.8, 4) is 0 Å². The molecule has 0 radical (unpaired) electrons. The molecule has 0 saturated carbocycles. The molecule has 3 rings (SSSR count). The molecule has 1 N–H and O–H groups in total. The maximum Gasteiger partial charge on any atom is 0.320 e. The highest BCUT2D eigenvalue weighted by molar-refractivity contribution is 6.00. The van der Waals surface area contributed by atoms with Gasteiger partial charge in [0.1, 0.15) is 11.4 Å². The van der Waals surface area contributed by atoms with Crippen LogP contribution >= 0.6 is 0 Å². The van der Waals surface area contributed by atoms with E-state index in [2.05, 4.69) is 5.32 Å². The summed E-state index contributed by atoms with van der Waals surface area (Å²) in [6.07, 6.45) is 0.659. The number of anilines is 1. The summed E-state index contributed by atoms with van der Waals surface area (Å²) in [5.41, 5.74) is 0.560. The highest BCUT2D eigenvalue weighted by atomic mass is 19.1. The van der Waals surface area contributed by atoms with Crippen LogP contribution in [0.1, 0.15) is 45.1 Å². The van der Waals surface area contributed by atoms with Crippen LogP contribution in [0.15, 0.2) is 18.2 Å². The predicted octanol–water partition coefficient (Wildman–Crippen LogP) is 1.81. The first-order chi connectivity index (χ1) is 13.6. The number of piperazine rings is 1. The Kier molecular flexibility index (Phi) is 6.21. The second-order valence-electron chi connectivity index (χ2n) is 8.56. The van der Waals surface area contributed by atoms with Crippen molar-refractivity contribution < 1.29 is 23.5 Å². The average molecular weight is 405 g/mol. The first-order valence-corrected chi connectivity index (χ1v) is 9.95. The summed E-state index contributed by atoms with van der Waals surface area (Å²) in [7, 11) is 0. The van der Waals surface area contributed by atoms with Gasteiger partial charge in [-0.3, -0.25) is 24.6 Å². The minimum atomic E-state index is -0.508. The number of carbonyl (C=O) groups is 3. The van der Waals surface area contributed by atoms with Gasteiger partial charge in [0.15, 0.2) is 0 Å². The molecule has 1 aromatic rings. The van der Waals surface area contributed by atoms with E-state index in [9.17, 15) is 18.8 Å². The van der Waals surface area contributed by atoms with Gasteiger partial charge < -0.3 is 9.64 Å². The molecule has 1 aromatic carbocycles. The molecule has 0 bridgehead atoms. The van der Waals surface area contributed by atoms with Crippen LogP contribution in [0.25, 0.3) is 0 Å². The molecule has 2 saturated heterocycles. The number of benzene rings is 1. The van der Waals surface area contributed by atoms with Gasteiger partial charge in [-0.05, 0) is 44.9 Å². The number of nitrogens with zero attached hydrogens (tertiary/aromatic N) is 2. The molecule has 0 aliphatic carbocycles. The van der Waals surface area contributed by atoms with Crippen molar-refractivity contribution in [2.75, 3.05) is 37.6 Å². The number of ether oxygens (including phenoxy) is 1. The van der Waals surface area contributed by atoms with Crippen molar-refractivity contribution >= 4 is 23.5 Å². The highest BCUT2D eigenvalue weighted by Crippen LogP contribution is 2.29. The van der Waals surface area contributed by atoms with Crippen LogP contribution < -0.4 is 10.2 Å². The number of amides is 2. The standard InChI is InChI=1S/C21H28FN3O4/c1-21(2,3)29-19(27)13-24-8-10-25(11-9-24)17-6-4-14(12-16(17)22)15-5-7-18(26)23-20(15)28/h4,6,12,15H,5,7-11,13H2,1-3H3,(H,23,26,28)/t15-/m0/s1. The van der Waals surface area contributed by atoms with Crippen molar-refractivity contribution in [3.63, 3.8) is 0 Å². The maximum absolute atomic E-state index is 14.8. The quantitative estimate of drug-likeness (QED) is 0.608. The molecular weight excluding hydrogens is 377 g/mol. The van der Waals surface area contributed by atoms with Gasteiger partial charge in [-0.1, -0.05) is 6.07 Å².